The Morgan fingerprint density at radius 2 is 1.71 bits per heavy atom. The Kier molecular flexibility index (Phi) is 2.56. The Morgan fingerprint density at radius 3 is 2.29 bits per heavy atom. The molecule has 1 heterocycles. The number of hydrogen-bond acceptors (Lipinski definition) is 1. The summed E-state index contributed by atoms with van der Waals surface area (Å²) < 4.78 is 0. The molecule has 0 atom stereocenters. The van der Waals surface area contributed by atoms with Gasteiger partial charge in [0.15, 0.2) is 0 Å². The van der Waals surface area contributed by atoms with E-state index in [0.717, 1.165) is 11.1 Å². The fraction of sp³-hybridized carbons (Fsp3) is 0.0833. The van der Waals surface area contributed by atoms with Gasteiger partial charge in [-0.2, -0.15) is 0 Å². The molecular weight excluding hydrogens is 174 g/mol. The van der Waals surface area contributed by atoms with Crippen LogP contribution in [0, 0.1) is 0 Å². The van der Waals surface area contributed by atoms with E-state index in [-0.39, 0.29) is 6.61 Å². The molecule has 2 rings (SSSR count). The number of rotatable bonds is 2. The molecule has 0 fully saturated rings. The minimum Gasteiger partial charge on any atom is -0.258 e. The maximum atomic E-state index is 10.5. The summed E-state index contributed by atoms with van der Waals surface area (Å²) in [6.45, 7) is -0.255. The van der Waals surface area contributed by atoms with Gasteiger partial charge in [-0.05, 0) is 11.6 Å². The SMILES string of the molecule is [O]Cc1ccc(-c2ccccc2)cn1. The summed E-state index contributed by atoms with van der Waals surface area (Å²) in [7, 11) is 0. The Morgan fingerprint density at radius 1 is 0.929 bits per heavy atom. The van der Waals surface area contributed by atoms with Crippen LogP contribution in [0.1, 0.15) is 5.69 Å². The highest BCUT2D eigenvalue weighted by atomic mass is 16.3. The molecule has 0 amide bonds. The minimum atomic E-state index is -0.255. The fourth-order valence-electron chi connectivity index (χ4n) is 1.31. The van der Waals surface area contributed by atoms with Crippen molar-refractivity contribution < 1.29 is 5.11 Å². The van der Waals surface area contributed by atoms with Crippen LogP contribution in [0.25, 0.3) is 11.1 Å². The Hall–Kier alpha value is -1.67. The first-order chi connectivity index (χ1) is 6.90. The average Bonchev–Trinajstić information content (AvgIpc) is 2.30. The third kappa shape index (κ3) is 1.80. The maximum Gasteiger partial charge on any atom is 0.124 e. The lowest BCUT2D eigenvalue weighted by Crippen LogP contribution is -1.87. The van der Waals surface area contributed by atoms with Crippen LogP contribution in [0.3, 0.4) is 0 Å². The van der Waals surface area contributed by atoms with Crippen molar-refractivity contribution in [3.63, 3.8) is 0 Å². The van der Waals surface area contributed by atoms with E-state index in [2.05, 4.69) is 4.98 Å². The molecule has 0 aliphatic carbocycles. The monoisotopic (exact) mass is 184 g/mol. The van der Waals surface area contributed by atoms with E-state index in [9.17, 15) is 5.11 Å². The van der Waals surface area contributed by atoms with Crippen LogP contribution in [0.4, 0.5) is 0 Å². The van der Waals surface area contributed by atoms with Crippen LogP contribution < -0.4 is 0 Å². The molecule has 1 aromatic carbocycles. The molecule has 0 bridgehead atoms. The number of nitrogens with zero attached hydrogens (tertiary/aromatic N) is 1. The van der Waals surface area contributed by atoms with Gasteiger partial charge < -0.3 is 0 Å². The maximum absolute atomic E-state index is 10.5. The molecule has 0 aliphatic heterocycles. The van der Waals surface area contributed by atoms with E-state index in [1.165, 1.54) is 0 Å². The second-order valence-electron chi connectivity index (χ2n) is 3.05. The largest absolute Gasteiger partial charge is 0.258 e. The van der Waals surface area contributed by atoms with Crippen molar-refractivity contribution in [2.75, 3.05) is 0 Å². The van der Waals surface area contributed by atoms with Gasteiger partial charge in [0.2, 0.25) is 0 Å². The van der Waals surface area contributed by atoms with Crippen LogP contribution in [0.2, 0.25) is 0 Å². The lowest BCUT2D eigenvalue weighted by molar-refractivity contribution is 0.174. The lowest BCUT2D eigenvalue weighted by atomic mass is 10.1. The summed E-state index contributed by atoms with van der Waals surface area (Å²) >= 11 is 0. The summed E-state index contributed by atoms with van der Waals surface area (Å²) in [4.78, 5) is 4.06. The highest BCUT2D eigenvalue weighted by Crippen LogP contribution is 2.17. The van der Waals surface area contributed by atoms with E-state index in [1.807, 2.05) is 36.4 Å². The molecule has 69 valence electrons. The molecule has 1 aromatic heterocycles. The predicted molar refractivity (Wildman–Crippen MR) is 54.1 cm³/mol. The van der Waals surface area contributed by atoms with Crippen molar-refractivity contribution in [2.24, 2.45) is 0 Å². The van der Waals surface area contributed by atoms with E-state index in [4.69, 9.17) is 0 Å². The number of benzene rings is 1. The zero-order chi connectivity index (χ0) is 9.80. The van der Waals surface area contributed by atoms with Crippen LogP contribution in [-0.2, 0) is 11.7 Å². The molecule has 0 spiro atoms. The Bertz CT molecular complexity index is 394. The lowest BCUT2D eigenvalue weighted by Gasteiger charge is -2.00. The first-order valence-corrected chi connectivity index (χ1v) is 4.48. The standard InChI is InChI=1S/C12H10NO/c14-9-12-7-6-11(8-13-12)10-4-2-1-3-5-10/h1-8H,9H2. The molecule has 0 saturated heterocycles. The van der Waals surface area contributed by atoms with Gasteiger partial charge in [-0.1, -0.05) is 36.4 Å². The van der Waals surface area contributed by atoms with Crippen LogP contribution in [-0.4, -0.2) is 4.98 Å². The third-order valence-electron chi connectivity index (χ3n) is 2.08. The normalized spacial score (nSPS) is 10.1. The molecule has 2 aromatic rings. The molecule has 1 radical (unpaired) electrons. The molecule has 0 unspecified atom stereocenters. The van der Waals surface area contributed by atoms with Crippen molar-refractivity contribution in [3.05, 3.63) is 54.4 Å². The quantitative estimate of drug-likeness (QED) is 0.706. The van der Waals surface area contributed by atoms with E-state index >= 15 is 0 Å². The number of aromatic nitrogens is 1. The van der Waals surface area contributed by atoms with Crippen molar-refractivity contribution in [1.29, 1.82) is 0 Å². The molecule has 0 N–H and O–H groups in total. The van der Waals surface area contributed by atoms with Crippen molar-refractivity contribution in [2.45, 2.75) is 6.61 Å². The predicted octanol–water partition coefficient (Wildman–Crippen LogP) is 2.68. The van der Waals surface area contributed by atoms with Gasteiger partial charge in [-0.25, -0.2) is 5.11 Å². The van der Waals surface area contributed by atoms with Crippen molar-refractivity contribution in [3.8, 4) is 11.1 Å². The molecule has 2 heteroatoms. The van der Waals surface area contributed by atoms with Gasteiger partial charge in [-0.15, -0.1) is 0 Å². The van der Waals surface area contributed by atoms with Gasteiger partial charge in [0.25, 0.3) is 0 Å². The molecular formula is C12H10NO. The fourth-order valence-corrected chi connectivity index (χ4v) is 1.31. The summed E-state index contributed by atoms with van der Waals surface area (Å²) in [6, 6.07) is 13.7. The highest BCUT2D eigenvalue weighted by Gasteiger charge is 1.97. The van der Waals surface area contributed by atoms with Crippen LogP contribution in [0.15, 0.2) is 48.7 Å². The average molecular weight is 184 g/mol. The number of pyridine rings is 1. The summed E-state index contributed by atoms with van der Waals surface area (Å²) in [5, 5.41) is 10.5. The second-order valence-corrected chi connectivity index (χ2v) is 3.05. The number of hydrogen-bond donors (Lipinski definition) is 0. The summed E-state index contributed by atoms with van der Waals surface area (Å²) in [5.41, 5.74) is 2.75. The van der Waals surface area contributed by atoms with Gasteiger partial charge in [0, 0.05) is 11.8 Å². The van der Waals surface area contributed by atoms with Crippen molar-refractivity contribution >= 4 is 0 Å². The second kappa shape index (κ2) is 4.03. The smallest absolute Gasteiger partial charge is 0.124 e. The molecule has 0 aliphatic rings. The van der Waals surface area contributed by atoms with E-state index in [1.54, 1.807) is 12.3 Å². The van der Waals surface area contributed by atoms with Crippen LogP contribution in [0.5, 0.6) is 0 Å². The summed E-state index contributed by atoms with van der Waals surface area (Å²) in [6.07, 6.45) is 1.74. The third-order valence-corrected chi connectivity index (χ3v) is 2.08. The molecule has 0 saturated carbocycles. The van der Waals surface area contributed by atoms with Gasteiger partial charge in [0.1, 0.15) is 6.61 Å². The van der Waals surface area contributed by atoms with Gasteiger partial charge >= 0.3 is 0 Å². The van der Waals surface area contributed by atoms with E-state index < -0.39 is 0 Å². The Labute approximate surface area is 82.9 Å². The topological polar surface area (TPSA) is 32.8 Å². The molecule has 2 nitrogen and oxygen atoms in total. The Balaban J connectivity index is 2.34. The highest BCUT2D eigenvalue weighted by molar-refractivity contribution is 5.62. The minimum absolute atomic E-state index is 0.255. The van der Waals surface area contributed by atoms with E-state index in [0.29, 0.717) is 5.69 Å². The van der Waals surface area contributed by atoms with Crippen molar-refractivity contribution in [1.82, 2.24) is 4.98 Å². The molecule has 14 heavy (non-hydrogen) atoms. The van der Waals surface area contributed by atoms with Gasteiger partial charge in [0.05, 0.1) is 5.69 Å². The summed E-state index contributed by atoms with van der Waals surface area (Å²) in [5.74, 6) is 0. The first kappa shape index (κ1) is 8.91. The zero-order valence-corrected chi connectivity index (χ0v) is 7.68. The van der Waals surface area contributed by atoms with Gasteiger partial charge in [-0.3, -0.25) is 4.98 Å². The van der Waals surface area contributed by atoms with Crippen LogP contribution >= 0.6 is 0 Å². The zero-order valence-electron chi connectivity index (χ0n) is 7.68. The first-order valence-electron chi connectivity index (χ1n) is 4.48.